The molecule has 0 radical (unpaired) electrons. The zero-order valence-electron chi connectivity index (χ0n) is 17.4. The van der Waals surface area contributed by atoms with Crippen molar-refractivity contribution in [3.05, 3.63) is 107 Å². The summed E-state index contributed by atoms with van der Waals surface area (Å²) in [6, 6.07) is 24.4. The summed E-state index contributed by atoms with van der Waals surface area (Å²) in [5.74, 6) is -0.695. The highest BCUT2D eigenvalue weighted by Crippen LogP contribution is 2.25. The monoisotopic (exact) mass is 412 g/mol. The fraction of sp³-hybridized carbons (Fsp3) is 0.192. The third-order valence-corrected chi connectivity index (χ3v) is 5.60. The van der Waals surface area contributed by atoms with Crippen LogP contribution in [-0.2, 0) is 4.79 Å². The molecule has 0 aliphatic carbocycles. The van der Waals surface area contributed by atoms with E-state index in [-0.39, 0.29) is 36.7 Å². The minimum absolute atomic E-state index is 0.117. The normalized spacial score (nSPS) is 13.8. The van der Waals surface area contributed by atoms with Gasteiger partial charge in [0.2, 0.25) is 5.91 Å². The van der Waals surface area contributed by atoms with Crippen LogP contribution < -0.4 is 5.32 Å². The second-order valence-electron chi connectivity index (χ2n) is 7.68. The molecule has 1 atom stereocenters. The second-order valence-corrected chi connectivity index (χ2v) is 7.68. The van der Waals surface area contributed by atoms with Crippen LogP contribution in [0.4, 0.5) is 0 Å². The average molecular weight is 412 g/mol. The predicted octanol–water partition coefficient (Wildman–Crippen LogP) is 4.28. The molecule has 0 fully saturated rings. The number of rotatable bonds is 7. The smallest absolute Gasteiger partial charge is 0.261 e. The lowest BCUT2D eigenvalue weighted by Crippen LogP contribution is -2.33. The maximum atomic E-state index is 12.8. The van der Waals surface area contributed by atoms with Crippen LogP contribution in [0.25, 0.3) is 0 Å². The predicted molar refractivity (Wildman–Crippen MR) is 119 cm³/mol. The van der Waals surface area contributed by atoms with E-state index in [0.29, 0.717) is 17.5 Å². The Labute approximate surface area is 181 Å². The standard InChI is InChI=1S/C26H24N2O3/c1-18-10-5-6-13-20(18)24(19-11-3-2-4-12-19)27-23(29)16-9-17-28-25(30)21-14-7-8-15-22(21)26(28)31/h2-8,10-15,24H,9,16-17H2,1H3,(H,27,29). The van der Waals surface area contributed by atoms with Gasteiger partial charge in [0.15, 0.2) is 0 Å². The molecule has 1 N–H and O–H groups in total. The van der Waals surface area contributed by atoms with E-state index < -0.39 is 0 Å². The van der Waals surface area contributed by atoms with E-state index in [1.165, 1.54) is 4.90 Å². The van der Waals surface area contributed by atoms with Crippen LogP contribution in [-0.4, -0.2) is 29.2 Å². The zero-order chi connectivity index (χ0) is 21.8. The number of carbonyl (C=O) groups is 3. The summed E-state index contributed by atoms with van der Waals surface area (Å²) in [6.07, 6.45) is 0.634. The summed E-state index contributed by atoms with van der Waals surface area (Å²) < 4.78 is 0. The van der Waals surface area contributed by atoms with E-state index >= 15 is 0 Å². The van der Waals surface area contributed by atoms with Crippen molar-refractivity contribution in [3.8, 4) is 0 Å². The van der Waals surface area contributed by atoms with Crippen LogP contribution in [0, 0.1) is 6.92 Å². The van der Waals surface area contributed by atoms with Gasteiger partial charge in [0.05, 0.1) is 17.2 Å². The van der Waals surface area contributed by atoms with Gasteiger partial charge in [0.1, 0.15) is 0 Å². The summed E-state index contributed by atoms with van der Waals surface area (Å²) >= 11 is 0. The molecule has 156 valence electrons. The van der Waals surface area contributed by atoms with E-state index in [0.717, 1.165) is 16.7 Å². The van der Waals surface area contributed by atoms with Crippen LogP contribution in [0.15, 0.2) is 78.9 Å². The molecule has 0 aromatic heterocycles. The van der Waals surface area contributed by atoms with Gasteiger partial charge in [-0.3, -0.25) is 19.3 Å². The molecule has 1 aliphatic rings. The highest BCUT2D eigenvalue weighted by atomic mass is 16.2. The summed E-state index contributed by atoms with van der Waals surface area (Å²) in [5, 5.41) is 3.13. The van der Waals surface area contributed by atoms with Gasteiger partial charge in [-0.1, -0.05) is 66.7 Å². The number of benzene rings is 3. The Morgan fingerprint density at radius 3 is 2.06 bits per heavy atom. The van der Waals surface area contributed by atoms with Crippen LogP contribution >= 0.6 is 0 Å². The Hall–Kier alpha value is -3.73. The maximum absolute atomic E-state index is 12.8. The first-order valence-corrected chi connectivity index (χ1v) is 10.4. The highest BCUT2D eigenvalue weighted by Gasteiger charge is 2.34. The van der Waals surface area contributed by atoms with E-state index in [9.17, 15) is 14.4 Å². The van der Waals surface area contributed by atoms with Gasteiger partial charge in [0, 0.05) is 13.0 Å². The summed E-state index contributed by atoms with van der Waals surface area (Å²) in [4.78, 5) is 38.9. The van der Waals surface area contributed by atoms with Crippen LogP contribution in [0.2, 0.25) is 0 Å². The van der Waals surface area contributed by atoms with Gasteiger partial charge in [-0.25, -0.2) is 0 Å². The van der Waals surface area contributed by atoms with Gasteiger partial charge in [-0.15, -0.1) is 0 Å². The lowest BCUT2D eigenvalue weighted by atomic mass is 9.95. The van der Waals surface area contributed by atoms with Gasteiger partial charge < -0.3 is 5.32 Å². The number of nitrogens with one attached hydrogen (secondary N) is 1. The summed E-state index contributed by atoms with van der Waals surface area (Å²) in [5.41, 5.74) is 4.01. The lowest BCUT2D eigenvalue weighted by molar-refractivity contribution is -0.121. The molecular weight excluding hydrogens is 388 g/mol. The van der Waals surface area contributed by atoms with Crippen molar-refractivity contribution >= 4 is 17.7 Å². The molecule has 5 heteroatoms. The molecule has 3 amide bonds. The van der Waals surface area contributed by atoms with Crippen LogP contribution in [0.1, 0.15) is 56.3 Å². The molecule has 3 aromatic rings. The Balaban J connectivity index is 1.41. The third kappa shape index (κ3) is 4.26. The topological polar surface area (TPSA) is 66.5 Å². The minimum Gasteiger partial charge on any atom is -0.345 e. The molecule has 1 unspecified atom stereocenters. The zero-order valence-corrected chi connectivity index (χ0v) is 17.4. The molecule has 0 saturated heterocycles. The summed E-state index contributed by atoms with van der Waals surface area (Å²) in [6.45, 7) is 2.25. The van der Waals surface area contributed by atoms with Crippen molar-refractivity contribution in [2.45, 2.75) is 25.8 Å². The molecule has 0 saturated carbocycles. The largest absolute Gasteiger partial charge is 0.345 e. The fourth-order valence-electron chi connectivity index (χ4n) is 3.97. The van der Waals surface area contributed by atoms with Crippen molar-refractivity contribution in [1.82, 2.24) is 10.2 Å². The molecule has 4 rings (SSSR count). The third-order valence-electron chi connectivity index (χ3n) is 5.60. The Morgan fingerprint density at radius 1 is 0.839 bits per heavy atom. The first kappa shape index (κ1) is 20.5. The fourth-order valence-corrected chi connectivity index (χ4v) is 3.97. The van der Waals surface area contributed by atoms with Crippen molar-refractivity contribution in [3.63, 3.8) is 0 Å². The van der Waals surface area contributed by atoms with Crippen molar-refractivity contribution < 1.29 is 14.4 Å². The van der Waals surface area contributed by atoms with Gasteiger partial charge in [0.25, 0.3) is 11.8 Å². The molecule has 5 nitrogen and oxygen atoms in total. The second kappa shape index (κ2) is 8.96. The van der Waals surface area contributed by atoms with E-state index in [1.807, 2.05) is 61.5 Å². The molecule has 1 heterocycles. The summed E-state index contributed by atoms with van der Waals surface area (Å²) in [7, 11) is 0. The average Bonchev–Trinajstić information content (AvgIpc) is 3.04. The molecule has 0 spiro atoms. The number of imide groups is 1. The number of hydrogen-bond acceptors (Lipinski definition) is 3. The number of hydrogen-bond donors (Lipinski definition) is 1. The SMILES string of the molecule is Cc1ccccc1C(NC(=O)CCCN1C(=O)c2ccccc2C1=O)c1ccccc1. The van der Waals surface area contributed by atoms with Crippen molar-refractivity contribution in [2.75, 3.05) is 6.54 Å². The minimum atomic E-state index is -0.289. The Morgan fingerprint density at radius 2 is 1.42 bits per heavy atom. The molecule has 3 aromatic carbocycles. The number of carbonyl (C=O) groups excluding carboxylic acids is 3. The van der Waals surface area contributed by atoms with E-state index in [2.05, 4.69) is 5.32 Å². The van der Waals surface area contributed by atoms with Gasteiger partial charge in [-0.2, -0.15) is 0 Å². The van der Waals surface area contributed by atoms with Gasteiger partial charge >= 0.3 is 0 Å². The van der Waals surface area contributed by atoms with Crippen LogP contribution in [0.3, 0.4) is 0 Å². The first-order valence-electron chi connectivity index (χ1n) is 10.4. The lowest BCUT2D eigenvalue weighted by Gasteiger charge is -2.22. The van der Waals surface area contributed by atoms with Crippen LogP contribution in [0.5, 0.6) is 0 Å². The van der Waals surface area contributed by atoms with E-state index in [1.54, 1.807) is 24.3 Å². The number of fused-ring (bicyclic) bond motifs is 1. The Kier molecular flexibility index (Phi) is 5.94. The van der Waals surface area contributed by atoms with Crippen molar-refractivity contribution in [2.24, 2.45) is 0 Å². The number of amides is 3. The van der Waals surface area contributed by atoms with Gasteiger partial charge in [-0.05, 0) is 42.2 Å². The maximum Gasteiger partial charge on any atom is 0.261 e. The van der Waals surface area contributed by atoms with E-state index in [4.69, 9.17) is 0 Å². The first-order chi connectivity index (χ1) is 15.1. The number of aryl methyl sites for hydroxylation is 1. The molecular formula is C26H24N2O3. The molecule has 1 aliphatic heterocycles. The quantitative estimate of drug-likeness (QED) is 0.589. The number of nitrogens with zero attached hydrogens (tertiary/aromatic N) is 1. The molecule has 0 bridgehead atoms. The molecule has 31 heavy (non-hydrogen) atoms. The Bertz CT molecular complexity index is 1090. The van der Waals surface area contributed by atoms with Crippen molar-refractivity contribution in [1.29, 1.82) is 0 Å². The highest BCUT2D eigenvalue weighted by molar-refractivity contribution is 6.21.